The molecule has 6 heteroatoms. The molecule has 1 aromatic rings. The normalized spacial score (nSPS) is 22.6. The third-order valence-electron chi connectivity index (χ3n) is 4.22. The summed E-state index contributed by atoms with van der Waals surface area (Å²) in [4.78, 5) is 30.7. The van der Waals surface area contributed by atoms with Crippen LogP contribution >= 0.6 is 11.3 Å². The van der Waals surface area contributed by atoms with E-state index in [2.05, 4.69) is 4.98 Å². The lowest BCUT2D eigenvalue weighted by Crippen LogP contribution is -2.40. The van der Waals surface area contributed by atoms with Crippen molar-refractivity contribution in [3.05, 3.63) is 15.6 Å². The molecule has 1 amide bonds. The molecule has 0 radical (unpaired) electrons. The maximum Gasteiger partial charge on any atom is 0.311 e. The Morgan fingerprint density at radius 1 is 1.40 bits per heavy atom. The number of hydrogen-bond acceptors (Lipinski definition) is 4. The molecule has 0 bridgehead atoms. The monoisotopic (exact) mass is 296 g/mol. The highest BCUT2D eigenvalue weighted by atomic mass is 32.1. The SMILES string of the molecule is Cc1nc(C)c(C(=O)N2CCC(C(=O)O)(C(C)C)C2)s1. The van der Waals surface area contributed by atoms with E-state index in [9.17, 15) is 14.7 Å². The van der Waals surface area contributed by atoms with Gasteiger partial charge in [-0.2, -0.15) is 0 Å². The van der Waals surface area contributed by atoms with E-state index in [4.69, 9.17) is 0 Å². The van der Waals surface area contributed by atoms with Crippen LogP contribution in [0.1, 0.15) is 40.6 Å². The van der Waals surface area contributed by atoms with E-state index in [0.29, 0.717) is 17.8 Å². The van der Waals surface area contributed by atoms with Crippen molar-refractivity contribution in [2.24, 2.45) is 11.3 Å². The lowest BCUT2D eigenvalue weighted by molar-refractivity contribution is -0.150. The lowest BCUT2D eigenvalue weighted by atomic mass is 9.76. The molecule has 0 aliphatic carbocycles. The number of aryl methyl sites for hydroxylation is 2. The first-order chi connectivity index (χ1) is 9.28. The van der Waals surface area contributed by atoms with Crippen molar-refractivity contribution < 1.29 is 14.7 Å². The van der Waals surface area contributed by atoms with Gasteiger partial charge in [0.2, 0.25) is 0 Å². The molecule has 0 aromatic carbocycles. The summed E-state index contributed by atoms with van der Waals surface area (Å²) in [6.45, 7) is 8.29. The summed E-state index contributed by atoms with van der Waals surface area (Å²) >= 11 is 1.38. The summed E-state index contributed by atoms with van der Waals surface area (Å²) in [7, 11) is 0. The summed E-state index contributed by atoms with van der Waals surface area (Å²) in [6.07, 6.45) is 0.516. The van der Waals surface area contributed by atoms with Crippen LogP contribution in [0.3, 0.4) is 0 Å². The molecule has 1 N–H and O–H groups in total. The Kier molecular flexibility index (Phi) is 3.86. The second-order valence-corrected chi connectivity index (χ2v) is 6.94. The molecule has 110 valence electrons. The zero-order valence-corrected chi connectivity index (χ0v) is 13.1. The van der Waals surface area contributed by atoms with E-state index in [1.54, 1.807) is 4.90 Å². The molecule has 2 heterocycles. The molecule has 1 atom stereocenters. The van der Waals surface area contributed by atoms with E-state index in [1.807, 2.05) is 27.7 Å². The largest absolute Gasteiger partial charge is 0.481 e. The van der Waals surface area contributed by atoms with Crippen molar-refractivity contribution >= 4 is 23.2 Å². The fraction of sp³-hybridized carbons (Fsp3) is 0.643. The van der Waals surface area contributed by atoms with Gasteiger partial charge >= 0.3 is 5.97 Å². The smallest absolute Gasteiger partial charge is 0.311 e. The molecule has 5 nitrogen and oxygen atoms in total. The third kappa shape index (κ3) is 2.32. The minimum atomic E-state index is -0.816. The molecule has 1 saturated heterocycles. The number of carboxylic acids is 1. The summed E-state index contributed by atoms with van der Waals surface area (Å²) in [5.74, 6) is -0.890. The van der Waals surface area contributed by atoms with Crippen molar-refractivity contribution in [1.29, 1.82) is 0 Å². The molecule has 1 aliphatic heterocycles. The van der Waals surface area contributed by atoms with Crippen molar-refractivity contribution in [3.8, 4) is 0 Å². The van der Waals surface area contributed by atoms with Gasteiger partial charge < -0.3 is 10.0 Å². The third-order valence-corrected chi connectivity index (χ3v) is 5.28. The van der Waals surface area contributed by atoms with Gasteiger partial charge in [-0.05, 0) is 26.2 Å². The fourth-order valence-corrected chi connectivity index (χ4v) is 3.66. The van der Waals surface area contributed by atoms with Crippen LogP contribution in [0.5, 0.6) is 0 Å². The predicted molar refractivity (Wildman–Crippen MR) is 77.0 cm³/mol. The summed E-state index contributed by atoms with van der Waals surface area (Å²) in [5.41, 5.74) is -0.0848. The average Bonchev–Trinajstić information content (AvgIpc) is 2.93. The zero-order valence-electron chi connectivity index (χ0n) is 12.3. The van der Waals surface area contributed by atoms with Crippen LogP contribution in [0, 0.1) is 25.2 Å². The van der Waals surface area contributed by atoms with Crippen LogP contribution in [0.15, 0.2) is 0 Å². The van der Waals surface area contributed by atoms with E-state index in [-0.39, 0.29) is 18.4 Å². The molecule has 0 spiro atoms. The van der Waals surface area contributed by atoms with Crippen molar-refractivity contribution in [1.82, 2.24) is 9.88 Å². The first kappa shape index (κ1) is 15.0. The van der Waals surface area contributed by atoms with Crippen LogP contribution in [-0.2, 0) is 4.79 Å². The van der Waals surface area contributed by atoms with Gasteiger partial charge in [-0.1, -0.05) is 13.8 Å². The molecule has 20 heavy (non-hydrogen) atoms. The number of nitrogens with zero attached hydrogens (tertiary/aromatic N) is 2. The standard InChI is InChI=1S/C14H20N2O3S/c1-8(2)14(13(18)19)5-6-16(7-14)12(17)11-9(3)15-10(4)20-11/h8H,5-7H2,1-4H3,(H,18,19). The minimum Gasteiger partial charge on any atom is -0.481 e. The number of carboxylic acid groups (broad SMARTS) is 1. The van der Waals surface area contributed by atoms with Gasteiger partial charge in [-0.25, -0.2) is 4.98 Å². The quantitative estimate of drug-likeness (QED) is 0.929. The van der Waals surface area contributed by atoms with Gasteiger partial charge in [-0.15, -0.1) is 11.3 Å². The zero-order chi connectivity index (χ0) is 15.1. The maximum absolute atomic E-state index is 12.5. The van der Waals surface area contributed by atoms with Crippen molar-refractivity contribution in [2.45, 2.75) is 34.1 Å². The minimum absolute atomic E-state index is 0.00194. The Bertz CT molecular complexity index is 553. The van der Waals surface area contributed by atoms with Gasteiger partial charge in [0, 0.05) is 13.1 Å². The summed E-state index contributed by atoms with van der Waals surface area (Å²) < 4.78 is 0. The number of likely N-dealkylation sites (tertiary alicyclic amines) is 1. The van der Waals surface area contributed by atoms with E-state index >= 15 is 0 Å². The average molecular weight is 296 g/mol. The molecule has 1 fully saturated rings. The number of carbonyl (C=O) groups is 2. The predicted octanol–water partition coefficient (Wildman–Crippen LogP) is 2.33. The Labute approximate surface area is 122 Å². The molecular weight excluding hydrogens is 276 g/mol. The Morgan fingerprint density at radius 3 is 2.45 bits per heavy atom. The van der Waals surface area contributed by atoms with Gasteiger partial charge in [0.05, 0.1) is 16.1 Å². The summed E-state index contributed by atoms with van der Waals surface area (Å²) in [5, 5.41) is 10.4. The van der Waals surface area contributed by atoms with E-state index in [1.165, 1.54) is 11.3 Å². The number of aromatic nitrogens is 1. The van der Waals surface area contributed by atoms with Crippen LogP contribution in [0.2, 0.25) is 0 Å². The Balaban J connectivity index is 2.23. The van der Waals surface area contributed by atoms with Crippen LogP contribution in [0.4, 0.5) is 0 Å². The highest BCUT2D eigenvalue weighted by molar-refractivity contribution is 7.13. The van der Waals surface area contributed by atoms with Gasteiger partial charge in [0.25, 0.3) is 5.91 Å². The highest BCUT2D eigenvalue weighted by Crippen LogP contribution is 2.39. The lowest BCUT2D eigenvalue weighted by Gasteiger charge is -2.28. The van der Waals surface area contributed by atoms with Crippen molar-refractivity contribution in [2.75, 3.05) is 13.1 Å². The fourth-order valence-electron chi connectivity index (χ4n) is 2.77. The first-order valence-electron chi connectivity index (χ1n) is 6.74. The second kappa shape index (κ2) is 5.16. The van der Waals surface area contributed by atoms with Gasteiger partial charge in [-0.3, -0.25) is 9.59 Å². The van der Waals surface area contributed by atoms with E-state index in [0.717, 1.165) is 10.7 Å². The molecule has 1 aliphatic rings. The second-order valence-electron chi connectivity index (χ2n) is 5.74. The molecule has 0 saturated carbocycles. The first-order valence-corrected chi connectivity index (χ1v) is 7.56. The number of hydrogen-bond donors (Lipinski definition) is 1. The number of thiazole rings is 1. The maximum atomic E-state index is 12.5. The van der Waals surface area contributed by atoms with Crippen LogP contribution < -0.4 is 0 Å². The van der Waals surface area contributed by atoms with Crippen LogP contribution in [0.25, 0.3) is 0 Å². The van der Waals surface area contributed by atoms with Crippen LogP contribution in [-0.4, -0.2) is 40.0 Å². The molecule has 2 rings (SSSR count). The topological polar surface area (TPSA) is 70.5 Å². The number of rotatable bonds is 3. The Morgan fingerprint density at radius 2 is 2.05 bits per heavy atom. The molecular formula is C14H20N2O3S. The summed E-state index contributed by atoms with van der Waals surface area (Å²) in [6, 6.07) is 0. The Hall–Kier alpha value is -1.43. The molecule has 1 aromatic heterocycles. The molecule has 1 unspecified atom stereocenters. The van der Waals surface area contributed by atoms with Crippen molar-refractivity contribution in [3.63, 3.8) is 0 Å². The highest BCUT2D eigenvalue weighted by Gasteiger charge is 2.48. The van der Waals surface area contributed by atoms with E-state index < -0.39 is 11.4 Å². The number of aliphatic carboxylic acids is 1. The van der Waals surface area contributed by atoms with Gasteiger partial charge in [0.1, 0.15) is 4.88 Å². The number of carbonyl (C=O) groups excluding carboxylic acids is 1. The number of amides is 1. The van der Waals surface area contributed by atoms with Gasteiger partial charge in [0.15, 0.2) is 0 Å².